The van der Waals surface area contributed by atoms with Gasteiger partial charge in [0.1, 0.15) is 0 Å². The average Bonchev–Trinajstić information content (AvgIpc) is 2.59. The lowest BCUT2D eigenvalue weighted by atomic mass is 9.89. The van der Waals surface area contributed by atoms with Gasteiger partial charge in [-0.25, -0.2) is 4.79 Å². The molecular formula is C18H23F3N2O4. The van der Waals surface area contributed by atoms with Crippen molar-refractivity contribution < 1.29 is 32.6 Å². The molecule has 0 spiro atoms. The maximum absolute atomic E-state index is 13.0. The van der Waals surface area contributed by atoms with E-state index in [1.54, 1.807) is 6.92 Å². The number of hydrogen-bond acceptors (Lipinski definition) is 4. The van der Waals surface area contributed by atoms with Crippen LogP contribution in [0.4, 0.5) is 23.7 Å². The Kier molecular flexibility index (Phi) is 6.35. The molecule has 1 unspecified atom stereocenters. The summed E-state index contributed by atoms with van der Waals surface area (Å²) in [6.45, 7) is 1.81. The number of halogens is 3. The molecule has 1 aromatic carbocycles. The lowest BCUT2D eigenvalue weighted by molar-refractivity contribution is -0.138. The van der Waals surface area contributed by atoms with Crippen LogP contribution in [-0.2, 0) is 22.1 Å². The van der Waals surface area contributed by atoms with Crippen LogP contribution in [0.1, 0.15) is 50.2 Å². The standard InChI is InChI=1S/C18H23F3N2O4/c1-2-17(22)9-8-12-11-13(18(19,20)21)6-7-14(12)23(17)16(26)27-10-4-3-5-15(24)25/h6-7,11H,2-5,8-10,22H2,1H3,(H,24,25). The lowest BCUT2D eigenvalue weighted by Crippen LogP contribution is -2.61. The summed E-state index contributed by atoms with van der Waals surface area (Å²) in [6.07, 6.45) is -3.47. The number of nitrogens with zero attached hydrogens (tertiary/aromatic N) is 1. The molecule has 6 nitrogen and oxygen atoms in total. The molecule has 0 saturated carbocycles. The predicted molar refractivity (Wildman–Crippen MR) is 92.3 cm³/mol. The molecular weight excluding hydrogens is 365 g/mol. The third-order valence-electron chi connectivity index (χ3n) is 4.73. The van der Waals surface area contributed by atoms with Gasteiger partial charge in [0.15, 0.2) is 0 Å². The highest BCUT2D eigenvalue weighted by molar-refractivity contribution is 5.91. The highest BCUT2D eigenvalue weighted by Crippen LogP contribution is 2.40. The molecule has 1 aromatic rings. The Bertz CT molecular complexity index is 708. The fraction of sp³-hybridized carbons (Fsp3) is 0.556. The molecule has 0 radical (unpaired) electrons. The van der Waals surface area contributed by atoms with Gasteiger partial charge in [0.05, 0.1) is 23.5 Å². The van der Waals surface area contributed by atoms with E-state index in [2.05, 4.69) is 0 Å². The number of carboxylic acid groups (broad SMARTS) is 1. The monoisotopic (exact) mass is 388 g/mol. The van der Waals surface area contributed by atoms with Crippen molar-refractivity contribution in [1.82, 2.24) is 0 Å². The average molecular weight is 388 g/mol. The first-order valence-corrected chi connectivity index (χ1v) is 8.76. The summed E-state index contributed by atoms with van der Waals surface area (Å²) < 4.78 is 44.1. The zero-order valence-corrected chi connectivity index (χ0v) is 15.0. The third kappa shape index (κ3) is 4.91. The van der Waals surface area contributed by atoms with E-state index in [9.17, 15) is 22.8 Å². The molecule has 1 aliphatic rings. The first kappa shape index (κ1) is 21.0. The number of fused-ring (bicyclic) bond motifs is 1. The first-order chi connectivity index (χ1) is 12.6. The lowest BCUT2D eigenvalue weighted by Gasteiger charge is -2.44. The maximum atomic E-state index is 13.0. The molecule has 150 valence electrons. The minimum atomic E-state index is -4.47. The summed E-state index contributed by atoms with van der Waals surface area (Å²) in [5, 5.41) is 8.60. The van der Waals surface area contributed by atoms with Crippen molar-refractivity contribution in [3.63, 3.8) is 0 Å². The zero-order valence-electron chi connectivity index (χ0n) is 15.0. The second-order valence-electron chi connectivity index (χ2n) is 6.60. The molecule has 2 rings (SSSR count). The molecule has 0 aromatic heterocycles. The number of aryl methyl sites for hydroxylation is 1. The van der Waals surface area contributed by atoms with Crippen molar-refractivity contribution >= 4 is 17.7 Å². The molecule has 1 amide bonds. The summed E-state index contributed by atoms with van der Waals surface area (Å²) in [7, 11) is 0. The fourth-order valence-electron chi connectivity index (χ4n) is 3.10. The van der Waals surface area contributed by atoms with Crippen LogP contribution >= 0.6 is 0 Å². The Morgan fingerprint density at radius 2 is 2.04 bits per heavy atom. The van der Waals surface area contributed by atoms with Gasteiger partial charge < -0.3 is 15.6 Å². The van der Waals surface area contributed by atoms with Crippen LogP contribution in [0.2, 0.25) is 0 Å². The molecule has 27 heavy (non-hydrogen) atoms. The summed E-state index contributed by atoms with van der Waals surface area (Å²) in [5.74, 6) is -0.932. The SMILES string of the molecule is CCC1(N)CCc2cc(C(F)(F)F)ccc2N1C(=O)OCCCCC(=O)O. The number of carboxylic acids is 1. The number of carbonyl (C=O) groups is 2. The van der Waals surface area contributed by atoms with Gasteiger partial charge in [0, 0.05) is 6.42 Å². The number of unbranched alkanes of at least 4 members (excludes halogenated alkanes) is 1. The van der Waals surface area contributed by atoms with E-state index in [1.807, 2.05) is 0 Å². The number of hydrogen-bond donors (Lipinski definition) is 2. The van der Waals surface area contributed by atoms with Gasteiger partial charge in [0.25, 0.3) is 0 Å². The minimum Gasteiger partial charge on any atom is -0.481 e. The van der Waals surface area contributed by atoms with Gasteiger partial charge in [-0.05, 0) is 55.9 Å². The Balaban J connectivity index is 2.19. The van der Waals surface area contributed by atoms with E-state index in [-0.39, 0.29) is 13.0 Å². The zero-order chi connectivity index (χ0) is 20.2. The number of rotatable bonds is 6. The molecule has 3 N–H and O–H groups in total. The summed E-state index contributed by atoms with van der Waals surface area (Å²) >= 11 is 0. The van der Waals surface area contributed by atoms with Crippen LogP contribution in [-0.4, -0.2) is 29.4 Å². The number of nitrogens with two attached hydrogens (primary N) is 1. The Hall–Kier alpha value is -2.29. The van der Waals surface area contributed by atoms with Crippen molar-refractivity contribution in [3.8, 4) is 0 Å². The van der Waals surface area contributed by atoms with Crippen LogP contribution in [0.15, 0.2) is 18.2 Å². The van der Waals surface area contributed by atoms with Crippen molar-refractivity contribution in [3.05, 3.63) is 29.3 Å². The first-order valence-electron chi connectivity index (χ1n) is 8.76. The van der Waals surface area contributed by atoms with Gasteiger partial charge in [-0.1, -0.05) is 6.92 Å². The van der Waals surface area contributed by atoms with Crippen molar-refractivity contribution in [2.45, 2.75) is 57.3 Å². The van der Waals surface area contributed by atoms with E-state index in [0.29, 0.717) is 43.4 Å². The van der Waals surface area contributed by atoms with Crippen molar-refractivity contribution in [2.75, 3.05) is 11.5 Å². The molecule has 1 heterocycles. The van der Waals surface area contributed by atoms with E-state index >= 15 is 0 Å². The van der Waals surface area contributed by atoms with Crippen LogP contribution in [0.3, 0.4) is 0 Å². The number of ether oxygens (including phenoxy) is 1. The van der Waals surface area contributed by atoms with Crippen molar-refractivity contribution in [2.24, 2.45) is 5.73 Å². The smallest absolute Gasteiger partial charge is 0.416 e. The van der Waals surface area contributed by atoms with Crippen LogP contribution in [0.5, 0.6) is 0 Å². The van der Waals surface area contributed by atoms with E-state index < -0.39 is 29.5 Å². The highest BCUT2D eigenvalue weighted by Gasteiger charge is 2.42. The van der Waals surface area contributed by atoms with Gasteiger partial charge in [-0.15, -0.1) is 0 Å². The predicted octanol–water partition coefficient (Wildman–Crippen LogP) is 3.91. The number of carbonyl (C=O) groups excluding carboxylic acids is 1. The van der Waals surface area contributed by atoms with Gasteiger partial charge in [-0.3, -0.25) is 9.69 Å². The number of amides is 1. The van der Waals surface area contributed by atoms with Crippen LogP contribution < -0.4 is 10.6 Å². The quantitative estimate of drug-likeness (QED) is 0.721. The third-order valence-corrected chi connectivity index (χ3v) is 4.73. The number of anilines is 1. The Morgan fingerprint density at radius 3 is 2.63 bits per heavy atom. The van der Waals surface area contributed by atoms with Crippen LogP contribution in [0, 0.1) is 0 Å². The van der Waals surface area contributed by atoms with E-state index in [1.165, 1.54) is 11.0 Å². The summed E-state index contributed by atoms with van der Waals surface area (Å²) in [6, 6.07) is 3.21. The van der Waals surface area contributed by atoms with Gasteiger partial charge >= 0.3 is 18.2 Å². The Labute approximate surface area is 155 Å². The van der Waals surface area contributed by atoms with Crippen LogP contribution in [0.25, 0.3) is 0 Å². The summed E-state index contributed by atoms with van der Waals surface area (Å²) in [4.78, 5) is 24.3. The van der Waals surface area contributed by atoms with Crippen molar-refractivity contribution in [1.29, 1.82) is 0 Å². The molecule has 0 saturated heterocycles. The largest absolute Gasteiger partial charge is 0.481 e. The fourth-order valence-corrected chi connectivity index (χ4v) is 3.10. The molecule has 0 fully saturated rings. The second kappa shape index (κ2) is 8.16. The maximum Gasteiger partial charge on any atom is 0.416 e. The number of alkyl halides is 3. The number of benzene rings is 1. The second-order valence-corrected chi connectivity index (χ2v) is 6.60. The highest BCUT2D eigenvalue weighted by atomic mass is 19.4. The molecule has 9 heteroatoms. The molecule has 1 atom stereocenters. The minimum absolute atomic E-state index is 0.0123. The van der Waals surface area contributed by atoms with E-state index in [0.717, 1.165) is 12.1 Å². The topological polar surface area (TPSA) is 92.9 Å². The molecule has 0 bridgehead atoms. The van der Waals surface area contributed by atoms with Gasteiger partial charge in [0.2, 0.25) is 0 Å². The van der Waals surface area contributed by atoms with Gasteiger partial charge in [-0.2, -0.15) is 13.2 Å². The van der Waals surface area contributed by atoms with E-state index in [4.69, 9.17) is 15.6 Å². The molecule has 1 aliphatic heterocycles. The summed E-state index contributed by atoms with van der Waals surface area (Å²) in [5.41, 5.74) is 5.22. The number of aliphatic carboxylic acids is 1. The Morgan fingerprint density at radius 1 is 1.33 bits per heavy atom. The molecule has 0 aliphatic carbocycles. The normalized spacial score (nSPS) is 19.5.